The second kappa shape index (κ2) is 10.4. The van der Waals surface area contributed by atoms with Crippen LogP contribution < -0.4 is 0 Å². The molecule has 0 aliphatic carbocycles. The van der Waals surface area contributed by atoms with Crippen LogP contribution in [-0.2, 0) is 38.6 Å². The maximum absolute atomic E-state index is 10.8. The molecule has 9 heteroatoms. The van der Waals surface area contributed by atoms with Crippen LogP contribution in [0.25, 0.3) is 0 Å². The number of rotatable bonds is 9. The van der Waals surface area contributed by atoms with Gasteiger partial charge in [-0.2, -0.15) is 0 Å². The normalized spacial score (nSPS) is 32.7. The first-order valence-electron chi connectivity index (χ1n) is 7.05. The highest BCUT2D eigenvalue weighted by Gasteiger charge is 2.46. The number of hydrogen-bond donors (Lipinski definition) is 2. The summed E-state index contributed by atoms with van der Waals surface area (Å²) < 4.78 is 27.7. The molecule has 2 N–H and O–H groups in total. The van der Waals surface area contributed by atoms with Gasteiger partial charge in [0.2, 0.25) is 0 Å². The minimum atomic E-state index is -1.03. The number of methoxy groups -OCH3 is 3. The summed E-state index contributed by atoms with van der Waals surface area (Å²) in [5.41, 5.74) is 0. The topological polar surface area (TPSA) is 104 Å². The van der Waals surface area contributed by atoms with Gasteiger partial charge in [0, 0.05) is 21.3 Å². The predicted octanol–water partition coefficient (Wildman–Crippen LogP) is -1.76. The Morgan fingerprint density at radius 1 is 1.22 bits per heavy atom. The average molecular weight is 353 g/mol. The third-order valence-corrected chi connectivity index (χ3v) is 4.52. The van der Waals surface area contributed by atoms with E-state index in [1.165, 1.54) is 21.3 Å². The molecule has 136 valence electrons. The van der Waals surface area contributed by atoms with Crippen LogP contribution in [0.5, 0.6) is 0 Å². The van der Waals surface area contributed by atoms with Crippen molar-refractivity contribution in [3.8, 4) is 0 Å². The quantitative estimate of drug-likeness (QED) is 0.371. The van der Waals surface area contributed by atoms with Gasteiger partial charge in [-0.05, 0) is 5.23 Å². The largest absolute Gasteiger partial charge is 0.394 e. The standard InChI is InChI=1S/C14H25O8S/c1-18-11-10(7-23(4)8-16)22-14(21-6-9(17)5-15)13(20-3)12(11)19-2/h9-15,17H,4-7H2,1-3H3/q-1. The first-order chi connectivity index (χ1) is 11.0. The van der Waals surface area contributed by atoms with Crippen LogP contribution in [0.15, 0.2) is 0 Å². The smallest absolute Gasteiger partial charge is 0.186 e. The second-order valence-electron chi connectivity index (χ2n) is 5.06. The lowest BCUT2D eigenvalue weighted by Crippen LogP contribution is -2.61. The summed E-state index contributed by atoms with van der Waals surface area (Å²) in [5, 5.41) is 20.1. The van der Waals surface area contributed by atoms with Gasteiger partial charge in [0.1, 0.15) is 24.4 Å². The molecule has 6 atom stereocenters. The summed E-state index contributed by atoms with van der Waals surface area (Å²) in [5.74, 6) is 4.01. The summed E-state index contributed by atoms with van der Waals surface area (Å²) in [6, 6.07) is 0. The van der Waals surface area contributed by atoms with Crippen LogP contribution in [-0.4, -0.2) is 98.4 Å². The summed E-state index contributed by atoms with van der Waals surface area (Å²) in [7, 11) is 3.66. The summed E-state index contributed by atoms with van der Waals surface area (Å²) >= 11 is 0. The van der Waals surface area contributed by atoms with Crippen molar-refractivity contribution in [2.45, 2.75) is 36.8 Å². The SMILES string of the molecule is C=[S-](=C=O)CC1OC(OCC(O)CO)C(OC)C(OC)C1OC. The molecule has 0 saturated carbocycles. The number of aliphatic hydroxyl groups is 2. The Bertz CT molecular complexity index is 446. The van der Waals surface area contributed by atoms with Crippen molar-refractivity contribution in [2.24, 2.45) is 0 Å². The van der Waals surface area contributed by atoms with E-state index in [2.05, 4.69) is 5.87 Å². The van der Waals surface area contributed by atoms with Crippen molar-refractivity contribution in [1.29, 1.82) is 0 Å². The second-order valence-corrected chi connectivity index (χ2v) is 6.54. The molecule has 0 aromatic heterocycles. The fourth-order valence-electron chi connectivity index (χ4n) is 2.44. The lowest BCUT2D eigenvalue weighted by Gasteiger charge is -2.45. The van der Waals surface area contributed by atoms with Crippen LogP contribution in [0.4, 0.5) is 0 Å². The molecule has 0 spiro atoms. The van der Waals surface area contributed by atoms with E-state index in [0.29, 0.717) is 5.75 Å². The van der Waals surface area contributed by atoms with Crippen molar-refractivity contribution >= 4 is 21.2 Å². The van der Waals surface area contributed by atoms with E-state index in [-0.39, 0.29) is 6.61 Å². The number of carbonyl (C=O) groups excluding carboxylic acids is 1. The Labute approximate surface area is 137 Å². The van der Waals surface area contributed by atoms with Crippen molar-refractivity contribution in [3.63, 3.8) is 0 Å². The minimum absolute atomic E-state index is 0.127. The molecule has 0 radical (unpaired) electrons. The first-order valence-corrected chi connectivity index (χ1v) is 8.61. The van der Waals surface area contributed by atoms with Gasteiger partial charge in [0.15, 0.2) is 6.29 Å². The number of ether oxygens (including phenoxy) is 5. The van der Waals surface area contributed by atoms with E-state index in [9.17, 15) is 9.90 Å². The molecule has 6 unspecified atom stereocenters. The molecule has 0 bridgehead atoms. The Morgan fingerprint density at radius 3 is 2.30 bits per heavy atom. The van der Waals surface area contributed by atoms with Gasteiger partial charge in [0.05, 0.1) is 19.3 Å². The van der Waals surface area contributed by atoms with Crippen LogP contribution in [0.3, 0.4) is 0 Å². The highest BCUT2D eigenvalue weighted by molar-refractivity contribution is 7.92. The molecular weight excluding hydrogens is 328 g/mol. The van der Waals surface area contributed by atoms with Gasteiger partial charge < -0.3 is 44.0 Å². The molecule has 23 heavy (non-hydrogen) atoms. The molecule has 1 rings (SSSR count). The molecule has 8 nitrogen and oxygen atoms in total. The molecule has 1 aliphatic heterocycles. The number of hydrogen-bond acceptors (Lipinski definition) is 9. The minimum Gasteiger partial charge on any atom is -0.394 e. The highest BCUT2D eigenvalue weighted by Crippen LogP contribution is 2.28. The molecule has 1 aliphatic rings. The summed E-state index contributed by atoms with van der Waals surface area (Å²) in [6.07, 6.45) is -3.94. The van der Waals surface area contributed by atoms with E-state index in [0.717, 1.165) is 0 Å². The highest BCUT2D eigenvalue weighted by atomic mass is 32.2. The lowest BCUT2D eigenvalue weighted by atomic mass is 9.99. The van der Waals surface area contributed by atoms with Crippen molar-refractivity contribution in [2.75, 3.05) is 40.3 Å². The monoisotopic (exact) mass is 353 g/mol. The van der Waals surface area contributed by atoms with Gasteiger partial charge in [0.25, 0.3) is 0 Å². The first kappa shape index (κ1) is 20.6. The van der Waals surface area contributed by atoms with Crippen molar-refractivity contribution in [1.82, 2.24) is 0 Å². The molecule has 0 aromatic carbocycles. The Morgan fingerprint density at radius 2 is 1.83 bits per heavy atom. The zero-order valence-corrected chi connectivity index (χ0v) is 14.4. The maximum atomic E-state index is 10.8. The van der Waals surface area contributed by atoms with E-state index < -0.39 is 53.5 Å². The fourth-order valence-corrected chi connectivity index (χ4v) is 3.17. The van der Waals surface area contributed by atoms with E-state index in [1.54, 1.807) is 0 Å². The van der Waals surface area contributed by atoms with Crippen LogP contribution in [0.1, 0.15) is 0 Å². The van der Waals surface area contributed by atoms with Gasteiger partial charge >= 0.3 is 0 Å². The zero-order valence-electron chi connectivity index (χ0n) is 13.5. The molecule has 1 saturated heterocycles. The fraction of sp³-hybridized carbons (Fsp3) is 0.857. The van der Waals surface area contributed by atoms with Crippen LogP contribution >= 0.6 is 0 Å². The molecular formula is C14H25O8S-. The third-order valence-electron chi connectivity index (χ3n) is 3.55. The molecule has 1 heterocycles. The average Bonchev–Trinajstić information content (AvgIpc) is 2.58. The molecule has 0 aromatic rings. The summed E-state index contributed by atoms with van der Waals surface area (Å²) in [6.45, 7) is -0.553. The van der Waals surface area contributed by atoms with Gasteiger partial charge in [-0.25, -0.2) is 5.87 Å². The Hall–Kier alpha value is -0.480. The van der Waals surface area contributed by atoms with Crippen LogP contribution in [0, 0.1) is 0 Å². The summed E-state index contributed by atoms with van der Waals surface area (Å²) in [4.78, 5) is 10.8. The Balaban J connectivity index is 2.95. The zero-order chi connectivity index (χ0) is 17.4. The number of aliphatic hydroxyl groups excluding tert-OH is 2. The van der Waals surface area contributed by atoms with Gasteiger partial charge in [-0.1, -0.05) is 5.75 Å². The van der Waals surface area contributed by atoms with E-state index in [4.69, 9.17) is 28.8 Å². The molecule has 0 amide bonds. The van der Waals surface area contributed by atoms with Gasteiger partial charge in [-0.15, -0.1) is 0 Å². The Kier molecular flexibility index (Phi) is 9.30. The lowest BCUT2D eigenvalue weighted by molar-refractivity contribution is -0.307. The van der Waals surface area contributed by atoms with E-state index >= 15 is 0 Å². The van der Waals surface area contributed by atoms with Crippen molar-refractivity contribution < 1.29 is 38.7 Å². The van der Waals surface area contributed by atoms with E-state index in [1.807, 2.05) is 5.23 Å². The molecule has 1 fully saturated rings. The van der Waals surface area contributed by atoms with Gasteiger partial charge in [-0.3, -0.25) is 4.79 Å². The van der Waals surface area contributed by atoms with Crippen LogP contribution in [0.2, 0.25) is 0 Å². The predicted molar refractivity (Wildman–Crippen MR) is 85.1 cm³/mol. The maximum Gasteiger partial charge on any atom is 0.186 e. The van der Waals surface area contributed by atoms with Crippen molar-refractivity contribution in [3.05, 3.63) is 0 Å². The third kappa shape index (κ3) is 5.53.